The lowest BCUT2D eigenvalue weighted by atomic mass is 9.82. The Bertz CT molecular complexity index is 3800. The summed E-state index contributed by atoms with van der Waals surface area (Å²) in [6.45, 7) is 0. The first-order valence-electron chi connectivity index (χ1n) is 20.9. The Morgan fingerprint density at radius 3 is 1.52 bits per heavy atom. The van der Waals surface area contributed by atoms with Crippen molar-refractivity contribution in [3.05, 3.63) is 213 Å². The van der Waals surface area contributed by atoms with Crippen molar-refractivity contribution >= 4 is 75.8 Å². The Morgan fingerprint density at radius 1 is 0.279 bits per heavy atom. The SMILES string of the molecule is c1cc(-c2ccncc2)c(-c2ccc(-c3c4ccccc4c(-c4cc5cccc6ccc7cccc4c7c65)c4ccccc34)cc2)c(-c2ccc3oc4ccccc4c3c2)c1. The zero-order valence-electron chi connectivity index (χ0n) is 33.1. The molecule has 0 amide bonds. The minimum absolute atomic E-state index is 0.894. The Kier molecular flexibility index (Phi) is 7.34. The number of pyridine rings is 1. The predicted octanol–water partition coefficient (Wildman–Crippen LogP) is 16.5. The molecule has 0 fully saturated rings. The van der Waals surface area contributed by atoms with E-state index in [1.165, 1.54) is 87.2 Å². The molecule has 0 N–H and O–H groups in total. The van der Waals surface area contributed by atoms with Gasteiger partial charge < -0.3 is 4.42 Å². The average Bonchev–Trinajstić information content (AvgIpc) is 3.71. The second-order valence-corrected chi connectivity index (χ2v) is 16.2. The first-order chi connectivity index (χ1) is 30.3. The fourth-order valence-electron chi connectivity index (χ4n) is 10.3. The number of hydrogen-bond donors (Lipinski definition) is 0. The van der Waals surface area contributed by atoms with Gasteiger partial charge in [0.1, 0.15) is 11.2 Å². The van der Waals surface area contributed by atoms with Crippen LogP contribution >= 0.6 is 0 Å². The molecule has 13 rings (SSSR count). The maximum Gasteiger partial charge on any atom is 0.135 e. The molecule has 61 heavy (non-hydrogen) atoms. The van der Waals surface area contributed by atoms with E-state index in [0.717, 1.165) is 44.2 Å². The maximum atomic E-state index is 6.24. The first-order valence-corrected chi connectivity index (χ1v) is 20.9. The molecule has 0 atom stereocenters. The van der Waals surface area contributed by atoms with E-state index >= 15 is 0 Å². The molecule has 0 bridgehead atoms. The van der Waals surface area contributed by atoms with Crippen LogP contribution in [0.1, 0.15) is 0 Å². The molecule has 11 aromatic carbocycles. The molecule has 0 spiro atoms. The van der Waals surface area contributed by atoms with Gasteiger partial charge in [-0.3, -0.25) is 4.98 Å². The lowest BCUT2D eigenvalue weighted by molar-refractivity contribution is 0.669. The number of hydrogen-bond acceptors (Lipinski definition) is 2. The summed E-state index contributed by atoms with van der Waals surface area (Å²) in [4.78, 5) is 4.36. The molecule has 0 unspecified atom stereocenters. The third-order valence-electron chi connectivity index (χ3n) is 12.9. The standard InChI is InChI=1S/C59H35NO/c1-3-16-48-46(14-1)57(47-15-2-4-17-49(47)59(48)52-35-42-12-7-10-37-22-23-38-11-8-20-50(52)58(38)55(37)42)40-26-24-39(25-27-40)56-43(36-30-32-60-33-31-36)18-9-19-44(56)41-28-29-54-51(34-41)45-13-5-6-21-53(45)61-54/h1-35H. The van der Waals surface area contributed by atoms with Gasteiger partial charge in [0.2, 0.25) is 0 Å². The van der Waals surface area contributed by atoms with Crippen molar-refractivity contribution in [1.29, 1.82) is 0 Å². The van der Waals surface area contributed by atoms with Gasteiger partial charge in [0.15, 0.2) is 0 Å². The smallest absolute Gasteiger partial charge is 0.135 e. The van der Waals surface area contributed by atoms with Gasteiger partial charge in [-0.1, -0.05) is 164 Å². The van der Waals surface area contributed by atoms with Gasteiger partial charge in [-0.2, -0.15) is 0 Å². The zero-order valence-corrected chi connectivity index (χ0v) is 33.1. The van der Waals surface area contributed by atoms with Crippen molar-refractivity contribution in [3.8, 4) is 55.6 Å². The minimum atomic E-state index is 0.894. The molecule has 0 aliphatic rings. The van der Waals surface area contributed by atoms with Crippen molar-refractivity contribution in [3.63, 3.8) is 0 Å². The molecule has 2 heteroatoms. The van der Waals surface area contributed by atoms with Crippen LogP contribution in [-0.2, 0) is 0 Å². The molecule has 0 saturated heterocycles. The summed E-state index contributed by atoms with van der Waals surface area (Å²) in [6, 6.07) is 73.4. The third kappa shape index (κ3) is 5.13. The van der Waals surface area contributed by atoms with E-state index < -0.39 is 0 Å². The summed E-state index contributed by atoms with van der Waals surface area (Å²) < 4.78 is 6.24. The number of fused-ring (bicyclic) bond motifs is 5. The van der Waals surface area contributed by atoms with Crippen molar-refractivity contribution in [2.45, 2.75) is 0 Å². The summed E-state index contributed by atoms with van der Waals surface area (Å²) in [5, 5.41) is 15.0. The average molecular weight is 774 g/mol. The second-order valence-electron chi connectivity index (χ2n) is 16.2. The van der Waals surface area contributed by atoms with Gasteiger partial charge in [-0.15, -0.1) is 0 Å². The molecule has 2 aromatic heterocycles. The summed E-state index contributed by atoms with van der Waals surface area (Å²) in [6.07, 6.45) is 3.75. The highest BCUT2D eigenvalue weighted by molar-refractivity contribution is 6.30. The Labute approximate surface area is 351 Å². The van der Waals surface area contributed by atoms with Gasteiger partial charge in [0.05, 0.1) is 0 Å². The quantitative estimate of drug-likeness (QED) is 0.129. The highest BCUT2D eigenvalue weighted by Gasteiger charge is 2.21. The molecule has 2 heterocycles. The van der Waals surface area contributed by atoms with E-state index in [-0.39, 0.29) is 0 Å². The van der Waals surface area contributed by atoms with Gasteiger partial charge in [-0.05, 0) is 146 Å². The van der Waals surface area contributed by atoms with Crippen LogP contribution in [0.3, 0.4) is 0 Å². The summed E-state index contributed by atoms with van der Waals surface area (Å²) in [7, 11) is 0. The van der Waals surface area contributed by atoms with Crippen LogP contribution in [0.4, 0.5) is 0 Å². The summed E-state index contributed by atoms with van der Waals surface area (Å²) in [5.41, 5.74) is 13.7. The van der Waals surface area contributed by atoms with Crippen LogP contribution in [0.2, 0.25) is 0 Å². The van der Waals surface area contributed by atoms with Crippen LogP contribution < -0.4 is 0 Å². The summed E-state index contributed by atoms with van der Waals surface area (Å²) in [5.74, 6) is 0. The highest BCUT2D eigenvalue weighted by atomic mass is 16.3. The van der Waals surface area contributed by atoms with E-state index in [1.54, 1.807) is 0 Å². The van der Waals surface area contributed by atoms with E-state index in [1.807, 2.05) is 24.5 Å². The van der Waals surface area contributed by atoms with E-state index in [2.05, 4.69) is 193 Å². The lowest BCUT2D eigenvalue weighted by Gasteiger charge is -2.21. The van der Waals surface area contributed by atoms with E-state index in [4.69, 9.17) is 4.42 Å². The monoisotopic (exact) mass is 773 g/mol. The zero-order chi connectivity index (χ0) is 40.0. The van der Waals surface area contributed by atoms with Crippen LogP contribution in [-0.4, -0.2) is 4.98 Å². The fraction of sp³-hybridized carbons (Fsp3) is 0. The van der Waals surface area contributed by atoms with Crippen LogP contribution in [0.25, 0.3) is 131 Å². The molecule has 0 saturated carbocycles. The molecule has 2 nitrogen and oxygen atoms in total. The van der Waals surface area contributed by atoms with E-state index in [0.29, 0.717) is 0 Å². The Balaban J connectivity index is 1.02. The first kappa shape index (κ1) is 33.9. The van der Waals surface area contributed by atoms with Crippen molar-refractivity contribution < 1.29 is 4.42 Å². The lowest BCUT2D eigenvalue weighted by Crippen LogP contribution is -1.93. The number of furan rings is 1. The van der Waals surface area contributed by atoms with Gasteiger partial charge in [0.25, 0.3) is 0 Å². The number of rotatable bonds is 5. The number of aromatic nitrogens is 1. The normalized spacial score (nSPS) is 11.9. The number of nitrogens with zero attached hydrogens (tertiary/aromatic N) is 1. The fourth-order valence-corrected chi connectivity index (χ4v) is 10.3. The van der Waals surface area contributed by atoms with Gasteiger partial charge in [-0.25, -0.2) is 0 Å². The minimum Gasteiger partial charge on any atom is -0.456 e. The molecule has 282 valence electrons. The molecule has 0 radical (unpaired) electrons. The third-order valence-corrected chi connectivity index (χ3v) is 12.9. The summed E-state index contributed by atoms with van der Waals surface area (Å²) >= 11 is 0. The second kappa shape index (κ2) is 13.2. The highest BCUT2D eigenvalue weighted by Crippen LogP contribution is 2.49. The van der Waals surface area contributed by atoms with Crippen LogP contribution in [0, 0.1) is 0 Å². The van der Waals surface area contributed by atoms with Crippen LogP contribution in [0.5, 0.6) is 0 Å². The van der Waals surface area contributed by atoms with Crippen molar-refractivity contribution in [2.75, 3.05) is 0 Å². The van der Waals surface area contributed by atoms with Gasteiger partial charge >= 0.3 is 0 Å². The Morgan fingerprint density at radius 2 is 0.803 bits per heavy atom. The largest absolute Gasteiger partial charge is 0.456 e. The van der Waals surface area contributed by atoms with Crippen molar-refractivity contribution in [2.24, 2.45) is 0 Å². The molecule has 13 aromatic rings. The molecule has 0 aliphatic carbocycles. The number of benzene rings is 11. The maximum absolute atomic E-state index is 6.24. The number of para-hydroxylation sites is 1. The predicted molar refractivity (Wildman–Crippen MR) is 257 cm³/mol. The van der Waals surface area contributed by atoms with Gasteiger partial charge in [0, 0.05) is 23.2 Å². The van der Waals surface area contributed by atoms with Crippen LogP contribution in [0.15, 0.2) is 217 Å². The topological polar surface area (TPSA) is 26.0 Å². The molecular formula is C59H35NO. The van der Waals surface area contributed by atoms with Crippen molar-refractivity contribution in [1.82, 2.24) is 4.98 Å². The molecule has 0 aliphatic heterocycles. The Hall–Kier alpha value is -8.07. The molecular weight excluding hydrogens is 739 g/mol. The van der Waals surface area contributed by atoms with E-state index in [9.17, 15) is 0 Å².